The number of hydrogen-bond acceptors (Lipinski definition) is 8. The number of hydrogen-bond donors (Lipinski definition) is 4. The van der Waals surface area contributed by atoms with Crippen LogP contribution in [-0.4, -0.2) is 69.5 Å². The summed E-state index contributed by atoms with van der Waals surface area (Å²) in [6, 6.07) is 8.08. The number of H-pyrrole nitrogens is 1. The maximum Gasteiger partial charge on any atom is 0.229 e. The summed E-state index contributed by atoms with van der Waals surface area (Å²) in [5.74, 6) is 1.84. The van der Waals surface area contributed by atoms with E-state index in [0.29, 0.717) is 30.6 Å². The molecule has 31 heavy (non-hydrogen) atoms. The number of aliphatic hydroxyl groups excluding tert-OH is 2. The van der Waals surface area contributed by atoms with E-state index in [4.69, 9.17) is 4.98 Å². The van der Waals surface area contributed by atoms with Crippen molar-refractivity contribution in [2.75, 3.05) is 54.5 Å². The van der Waals surface area contributed by atoms with E-state index in [1.54, 1.807) is 4.90 Å². The number of fused-ring (bicyclic) bond motifs is 1. The van der Waals surface area contributed by atoms with Crippen molar-refractivity contribution in [3.8, 4) is 0 Å². The monoisotopic (exact) mass is 427 g/mol. The van der Waals surface area contributed by atoms with Crippen LogP contribution in [0.4, 0.5) is 23.4 Å². The zero-order valence-electron chi connectivity index (χ0n) is 18.6. The van der Waals surface area contributed by atoms with Gasteiger partial charge in [0, 0.05) is 31.9 Å². The Kier molecular flexibility index (Phi) is 8.02. The van der Waals surface area contributed by atoms with E-state index in [2.05, 4.69) is 45.1 Å². The fraction of sp³-hybridized carbons (Fsp3) is 0.500. The molecular weight excluding hydrogens is 394 g/mol. The Balaban J connectivity index is 2.08. The summed E-state index contributed by atoms with van der Waals surface area (Å²) in [7, 11) is 0. The molecule has 1 aromatic carbocycles. The molecule has 9 heteroatoms. The third-order valence-corrected chi connectivity index (χ3v) is 4.91. The minimum absolute atomic E-state index is 0.0505. The number of aromatic amines is 1. The number of aliphatic hydroxyl groups is 2. The number of aryl methyl sites for hydroxylation is 1. The fourth-order valence-electron chi connectivity index (χ4n) is 3.58. The van der Waals surface area contributed by atoms with Crippen molar-refractivity contribution in [3.63, 3.8) is 0 Å². The molecule has 0 bridgehead atoms. The average Bonchev–Trinajstić information content (AvgIpc) is 3.15. The summed E-state index contributed by atoms with van der Waals surface area (Å²) in [4.78, 5) is 21.5. The van der Waals surface area contributed by atoms with Crippen molar-refractivity contribution in [2.45, 2.75) is 33.6 Å². The molecule has 0 saturated heterocycles. The summed E-state index contributed by atoms with van der Waals surface area (Å²) in [6.45, 7) is 8.63. The molecule has 168 valence electrons. The van der Waals surface area contributed by atoms with E-state index >= 15 is 0 Å². The third kappa shape index (κ3) is 5.62. The van der Waals surface area contributed by atoms with Gasteiger partial charge in [0.05, 0.1) is 13.2 Å². The molecule has 0 radical (unpaired) electrons. The van der Waals surface area contributed by atoms with Gasteiger partial charge in [0.25, 0.3) is 0 Å². The summed E-state index contributed by atoms with van der Waals surface area (Å²) < 4.78 is 0. The van der Waals surface area contributed by atoms with E-state index in [1.807, 2.05) is 25.1 Å². The number of aromatic nitrogens is 4. The molecular formula is C22H33N7O2. The van der Waals surface area contributed by atoms with Crippen LogP contribution in [0.1, 0.15) is 32.3 Å². The molecule has 0 amide bonds. The maximum absolute atomic E-state index is 9.45. The summed E-state index contributed by atoms with van der Waals surface area (Å²) >= 11 is 0. The average molecular weight is 428 g/mol. The van der Waals surface area contributed by atoms with Crippen molar-refractivity contribution < 1.29 is 10.2 Å². The van der Waals surface area contributed by atoms with Gasteiger partial charge in [-0.2, -0.15) is 15.0 Å². The molecule has 3 aromatic rings. The van der Waals surface area contributed by atoms with E-state index in [0.717, 1.165) is 48.5 Å². The zero-order chi connectivity index (χ0) is 22.2. The molecule has 2 aromatic heterocycles. The Hall–Kier alpha value is -2.91. The van der Waals surface area contributed by atoms with Crippen LogP contribution in [0, 0.1) is 6.92 Å². The highest BCUT2D eigenvalue weighted by molar-refractivity contribution is 5.87. The van der Waals surface area contributed by atoms with Gasteiger partial charge in [-0.25, -0.2) is 0 Å². The Bertz CT molecular complexity index is 964. The molecule has 0 spiro atoms. The second-order valence-electron chi connectivity index (χ2n) is 7.55. The number of nitrogens with one attached hydrogen (secondary N) is 2. The Morgan fingerprint density at radius 2 is 1.65 bits per heavy atom. The minimum Gasteiger partial charge on any atom is -0.395 e. The van der Waals surface area contributed by atoms with Gasteiger partial charge >= 0.3 is 0 Å². The lowest BCUT2D eigenvalue weighted by molar-refractivity contribution is 0.280. The first-order chi connectivity index (χ1) is 15.1. The molecule has 0 aliphatic rings. The van der Waals surface area contributed by atoms with Crippen LogP contribution < -0.4 is 15.1 Å². The highest BCUT2D eigenvalue weighted by atomic mass is 16.3. The standard InChI is InChI=1S/C22H33N7O2/c1-4-9-28(10-5-2)20-18-19(26-22(27-20)29(11-13-30)12-14-31)25-21(24-18)23-17-8-6-7-16(3)15-17/h6-8,15,30-31H,4-5,9-14H2,1-3H3,(H2,23,24,25,26,27). The quantitative estimate of drug-likeness (QED) is 0.349. The molecule has 0 aliphatic carbocycles. The topological polar surface area (TPSA) is 113 Å². The molecule has 0 fully saturated rings. The number of benzene rings is 1. The summed E-state index contributed by atoms with van der Waals surface area (Å²) in [5, 5.41) is 22.2. The second-order valence-corrected chi connectivity index (χ2v) is 7.55. The van der Waals surface area contributed by atoms with Gasteiger partial charge in [-0.3, -0.25) is 0 Å². The van der Waals surface area contributed by atoms with Gasteiger partial charge in [-0.15, -0.1) is 0 Å². The first-order valence-electron chi connectivity index (χ1n) is 10.9. The molecule has 0 saturated carbocycles. The van der Waals surface area contributed by atoms with Gasteiger partial charge in [0.2, 0.25) is 11.9 Å². The molecule has 2 heterocycles. The van der Waals surface area contributed by atoms with E-state index in [9.17, 15) is 10.2 Å². The number of anilines is 4. The molecule has 0 atom stereocenters. The van der Waals surface area contributed by atoms with Crippen molar-refractivity contribution >= 4 is 34.6 Å². The van der Waals surface area contributed by atoms with Gasteiger partial charge in [-0.05, 0) is 37.5 Å². The normalized spacial score (nSPS) is 11.1. The van der Waals surface area contributed by atoms with Crippen molar-refractivity contribution in [1.82, 2.24) is 19.9 Å². The van der Waals surface area contributed by atoms with Crippen LogP contribution in [0.2, 0.25) is 0 Å². The third-order valence-electron chi connectivity index (χ3n) is 4.91. The minimum atomic E-state index is -0.0505. The van der Waals surface area contributed by atoms with Gasteiger partial charge in [0.15, 0.2) is 11.5 Å². The molecule has 3 rings (SSSR count). The zero-order valence-corrected chi connectivity index (χ0v) is 18.6. The maximum atomic E-state index is 9.45. The summed E-state index contributed by atoms with van der Waals surface area (Å²) in [5.41, 5.74) is 3.42. The Morgan fingerprint density at radius 3 is 2.26 bits per heavy atom. The molecule has 0 unspecified atom stereocenters. The second kappa shape index (κ2) is 10.9. The molecule has 9 nitrogen and oxygen atoms in total. The number of imidazole rings is 1. The molecule has 0 aliphatic heterocycles. The van der Waals surface area contributed by atoms with Crippen molar-refractivity contribution in [2.24, 2.45) is 0 Å². The first-order valence-corrected chi connectivity index (χ1v) is 10.9. The van der Waals surface area contributed by atoms with Crippen LogP contribution >= 0.6 is 0 Å². The Labute approximate surface area is 183 Å². The van der Waals surface area contributed by atoms with Crippen LogP contribution in [0.5, 0.6) is 0 Å². The first kappa shape index (κ1) is 22.8. The lowest BCUT2D eigenvalue weighted by Gasteiger charge is -2.26. The lowest BCUT2D eigenvalue weighted by atomic mass is 10.2. The predicted molar refractivity (Wildman–Crippen MR) is 125 cm³/mol. The Morgan fingerprint density at radius 1 is 0.935 bits per heavy atom. The van der Waals surface area contributed by atoms with Gasteiger partial charge in [-0.1, -0.05) is 26.0 Å². The number of rotatable bonds is 12. The largest absolute Gasteiger partial charge is 0.395 e. The van der Waals surface area contributed by atoms with Crippen LogP contribution in [0.3, 0.4) is 0 Å². The predicted octanol–water partition coefficient (Wildman–Crippen LogP) is 2.82. The van der Waals surface area contributed by atoms with Crippen LogP contribution in [0.25, 0.3) is 11.2 Å². The number of nitrogens with zero attached hydrogens (tertiary/aromatic N) is 5. The molecule has 4 N–H and O–H groups in total. The van der Waals surface area contributed by atoms with Gasteiger partial charge < -0.3 is 30.3 Å². The highest BCUT2D eigenvalue weighted by Gasteiger charge is 2.20. The fourth-order valence-corrected chi connectivity index (χ4v) is 3.58. The smallest absolute Gasteiger partial charge is 0.229 e. The van der Waals surface area contributed by atoms with Crippen LogP contribution in [0.15, 0.2) is 24.3 Å². The summed E-state index contributed by atoms with van der Waals surface area (Å²) in [6.07, 6.45) is 1.97. The van der Waals surface area contributed by atoms with E-state index in [-0.39, 0.29) is 13.2 Å². The highest BCUT2D eigenvalue weighted by Crippen LogP contribution is 2.28. The van der Waals surface area contributed by atoms with E-state index in [1.165, 1.54) is 0 Å². The van der Waals surface area contributed by atoms with Crippen molar-refractivity contribution in [1.29, 1.82) is 0 Å². The van der Waals surface area contributed by atoms with Gasteiger partial charge in [0.1, 0.15) is 5.52 Å². The SMILES string of the molecule is CCCN(CCC)c1nc(N(CCO)CCO)nc2nc(Nc3cccc(C)c3)[nH]c12. The van der Waals surface area contributed by atoms with Crippen molar-refractivity contribution in [3.05, 3.63) is 29.8 Å². The lowest BCUT2D eigenvalue weighted by Crippen LogP contribution is -2.33. The van der Waals surface area contributed by atoms with Crippen LogP contribution in [-0.2, 0) is 0 Å². The van der Waals surface area contributed by atoms with E-state index < -0.39 is 0 Å².